The van der Waals surface area contributed by atoms with Crippen LogP contribution in [0.25, 0.3) is 0 Å². The summed E-state index contributed by atoms with van der Waals surface area (Å²) < 4.78 is 22.8. The van der Waals surface area contributed by atoms with Crippen LogP contribution in [0, 0.1) is 17.0 Å². The fourth-order valence-corrected chi connectivity index (χ4v) is 2.10. The van der Waals surface area contributed by atoms with Gasteiger partial charge in [0.15, 0.2) is 9.84 Å². The molecule has 0 aliphatic heterocycles. The summed E-state index contributed by atoms with van der Waals surface area (Å²) in [5.41, 5.74) is 0.208. The minimum absolute atomic E-state index is 0.0445. The molecule has 0 N–H and O–H groups in total. The van der Waals surface area contributed by atoms with E-state index in [1.54, 1.807) is 0 Å². The fourth-order valence-electron chi connectivity index (χ4n) is 1.16. The van der Waals surface area contributed by atoms with Crippen molar-refractivity contribution in [3.8, 4) is 0 Å². The van der Waals surface area contributed by atoms with E-state index in [9.17, 15) is 18.5 Å². The molecule has 1 aromatic rings. The number of rotatable bonds is 3. The van der Waals surface area contributed by atoms with Gasteiger partial charge < -0.3 is 0 Å². The van der Waals surface area contributed by atoms with Crippen molar-refractivity contribution in [1.29, 1.82) is 0 Å². The lowest BCUT2D eigenvalue weighted by Crippen LogP contribution is -1.99. The van der Waals surface area contributed by atoms with Crippen molar-refractivity contribution in [2.75, 3.05) is 0 Å². The Bertz CT molecular complexity index is 519. The van der Waals surface area contributed by atoms with Crippen LogP contribution in [-0.4, -0.2) is 13.3 Å². The Kier molecular flexibility index (Phi) is 2.90. The first kappa shape index (κ1) is 11.4. The smallest absolute Gasteiger partial charge is 0.258 e. The highest BCUT2D eigenvalue weighted by atomic mass is 32.2. The van der Waals surface area contributed by atoms with Gasteiger partial charge in [-0.2, -0.15) is 0 Å². The highest BCUT2D eigenvalue weighted by Gasteiger charge is 2.15. The molecule has 0 unspecified atom stereocenters. The second-order valence-corrected chi connectivity index (χ2v) is 4.78. The van der Waals surface area contributed by atoms with Crippen molar-refractivity contribution >= 4 is 15.5 Å². The summed E-state index contributed by atoms with van der Waals surface area (Å²) in [5, 5.41) is 11.2. The lowest BCUT2D eigenvalue weighted by Gasteiger charge is -2.02. The predicted molar refractivity (Wildman–Crippen MR) is 55.2 cm³/mol. The molecule has 15 heavy (non-hydrogen) atoms. The Labute approximate surface area is 87.1 Å². The molecule has 0 aromatic heterocycles. The van der Waals surface area contributed by atoms with E-state index in [0.717, 1.165) is 11.5 Å². The fraction of sp³-hybridized carbons (Fsp3) is 0.111. The number of non-ortho nitro benzene ring substituents is 1. The van der Waals surface area contributed by atoms with E-state index >= 15 is 0 Å². The maximum atomic E-state index is 11.4. The van der Waals surface area contributed by atoms with Crippen LogP contribution >= 0.6 is 0 Å². The van der Waals surface area contributed by atoms with Crippen molar-refractivity contribution in [2.45, 2.75) is 11.8 Å². The van der Waals surface area contributed by atoms with E-state index in [1.165, 1.54) is 19.1 Å². The summed E-state index contributed by atoms with van der Waals surface area (Å²) in [4.78, 5) is 9.89. The van der Waals surface area contributed by atoms with Crippen LogP contribution in [0.3, 0.4) is 0 Å². The third-order valence-electron chi connectivity index (χ3n) is 1.90. The number of hydrogen-bond donors (Lipinski definition) is 0. The number of sulfone groups is 1. The van der Waals surface area contributed by atoms with Gasteiger partial charge in [0.1, 0.15) is 0 Å². The van der Waals surface area contributed by atoms with E-state index in [2.05, 4.69) is 6.58 Å². The minimum atomic E-state index is -3.53. The quantitative estimate of drug-likeness (QED) is 0.583. The number of nitrogens with zero attached hydrogens (tertiary/aromatic N) is 1. The molecule has 0 saturated heterocycles. The first-order valence-electron chi connectivity index (χ1n) is 4.01. The molecule has 0 bridgehead atoms. The molecular formula is C9H9NO4S. The van der Waals surface area contributed by atoms with E-state index in [-0.39, 0.29) is 10.6 Å². The van der Waals surface area contributed by atoms with E-state index in [1.807, 2.05) is 0 Å². The molecule has 6 heteroatoms. The molecule has 0 aliphatic carbocycles. The maximum absolute atomic E-state index is 11.4. The molecule has 0 fully saturated rings. The number of nitro groups is 1. The van der Waals surface area contributed by atoms with Crippen LogP contribution < -0.4 is 0 Å². The van der Waals surface area contributed by atoms with Crippen LogP contribution in [0.5, 0.6) is 0 Å². The van der Waals surface area contributed by atoms with E-state index in [0.29, 0.717) is 5.56 Å². The second-order valence-electron chi connectivity index (χ2n) is 2.92. The van der Waals surface area contributed by atoms with Crippen LogP contribution in [0.2, 0.25) is 0 Å². The van der Waals surface area contributed by atoms with Crippen molar-refractivity contribution < 1.29 is 13.3 Å². The molecule has 5 nitrogen and oxygen atoms in total. The van der Waals surface area contributed by atoms with Crippen LogP contribution in [0.1, 0.15) is 5.56 Å². The number of aryl methyl sites for hydroxylation is 1. The molecule has 0 saturated carbocycles. The summed E-state index contributed by atoms with van der Waals surface area (Å²) in [6, 6.07) is 3.59. The second kappa shape index (κ2) is 3.82. The average molecular weight is 227 g/mol. The lowest BCUT2D eigenvalue weighted by molar-refractivity contribution is -0.385. The van der Waals surface area contributed by atoms with Gasteiger partial charge in [0.2, 0.25) is 0 Å². The Morgan fingerprint density at radius 2 is 2.07 bits per heavy atom. The zero-order valence-corrected chi connectivity index (χ0v) is 8.82. The van der Waals surface area contributed by atoms with E-state index in [4.69, 9.17) is 0 Å². The molecule has 0 atom stereocenters. The van der Waals surface area contributed by atoms with Crippen LogP contribution in [0.4, 0.5) is 5.69 Å². The Morgan fingerprint density at radius 3 is 2.47 bits per heavy atom. The molecule has 0 spiro atoms. The summed E-state index contributed by atoms with van der Waals surface area (Å²) in [6.07, 6.45) is 0. The number of nitro benzene ring substituents is 1. The van der Waals surface area contributed by atoms with Gasteiger partial charge >= 0.3 is 0 Å². The third kappa shape index (κ3) is 2.21. The molecule has 0 radical (unpaired) electrons. The Balaban J connectivity index is 3.38. The molecule has 0 amide bonds. The van der Waals surface area contributed by atoms with E-state index < -0.39 is 14.8 Å². The van der Waals surface area contributed by atoms with Gasteiger partial charge in [-0.05, 0) is 18.6 Å². The topological polar surface area (TPSA) is 77.3 Å². The SMILES string of the molecule is C=CS(=O)(=O)c1ccc([N+](=O)[O-])cc1C. The maximum Gasteiger partial charge on any atom is 0.269 e. The third-order valence-corrected chi connectivity index (χ3v) is 3.41. The largest absolute Gasteiger partial charge is 0.269 e. The molecule has 1 aromatic carbocycles. The summed E-state index contributed by atoms with van der Waals surface area (Å²) in [6.45, 7) is 4.69. The van der Waals surface area contributed by atoms with Gasteiger partial charge in [-0.15, -0.1) is 0 Å². The number of benzene rings is 1. The van der Waals surface area contributed by atoms with Crippen molar-refractivity contribution in [2.24, 2.45) is 0 Å². The molecule has 0 heterocycles. The van der Waals surface area contributed by atoms with Gasteiger partial charge in [0, 0.05) is 17.5 Å². The van der Waals surface area contributed by atoms with Crippen LogP contribution in [-0.2, 0) is 9.84 Å². The molecule has 80 valence electrons. The van der Waals surface area contributed by atoms with Gasteiger partial charge in [-0.25, -0.2) is 8.42 Å². The normalized spacial score (nSPS) is 11.0. The molecule has 0 aliphatic rings. The molecule has 1 rings (SSSR count). The summed E-state index contributed by atoms with van der Waals surface area (Å²) in [7, 11) is -3.53. The van der Waals surface area contributed by atoms with Gasteiger partial charge in [0.25, 0.3) is 5.69 Å². The summed E-state index contributed by atoms with van der Waals surface area (Å²) >= 11 is 0. The minimum Gasteiger partial charge on any atom is -0.258 e. The van der Waals surface area contributed by atoms with Gasteiger partial charge in [0.05, 0.1) is 9.82 Å². The number of hydrogen-bond acceptors (Lipinski definition) is 4. The van der Waals surface area contributed by atoms with Gasteiger partial charge in [-0.3, -0.25) is 10.1 Å². The highest BCUT2D eigenvalue weighted by molar-refractivity contribution is 7.94. The van der Waals surface area contributed by atoms with Gasteiger partial charge in [-0.1, -0.05) is 6.58 Å². The lowest BCUT2D eigenvalue weighted by atomic mass is 10.2. The summed E-state index contributed by atoms with van der Waals surface area (Å²) in [5.74, 6) is 0. The predicted octanol–water partition coefficient (Wildman–Crippen LogP) is 1.82. The van der Waals surface area contributed by atoms with Crippen LogP contribution in [0.15, 0.2) is 35.1 Å². The standard InChI is InChI=1S/C9H9NO4S/c1-3-15(13,14)9-5-4-8(10(11)12)6-7(9)2/h3-6H,1H2,2H3. The Morgan fingerprint density at radius 1 is 1.47 bits per heavy atom. The first-order valence-corrected chi connectivity index (χ1v) is 5.55. The zero-order chi connectivity index (χ0) is 11.6. The first-order chi connectivity index (χ1) is 6.88. The highest BCUT2D eigenvalue weighted by Crippen LogP contribution is 2.22. The molecular weight excluding hydrogens is 218 g/mol. The van der Waals surface area contributed by atoms with Crippen molar-refractivity contribution in [1.82, 2.24) is 0 Å². The zero-order valence-electron chi connectivity index (χ0n) is 8.00. The Hall–Kier alpha value is -1.69. The average Bonchev–Trinajstić information content (AvgIpc) is 2.17. The van der Waals surface area contributed by atoms with Crippen molar-refractivity contribution in [3.05, 3.63) is 45.9 Å². The van der Waals surface area contributed by atoms with Crippen molar-refractivity contribution in [3.63, 3.8) is 0 Å². The monoisotopic (exact) mass is 227 g/mol.